The number of hydrogen-bond acceptors (Lipinski definition) is 3. The molecule has 1 aromatic rings. The van der Waals surface area contributed by atoms with E-state index in [0.717, 1.165) is 63.7 Å². The molecule has 0 aromatic heterocycles. The average Bonchev–Trinajstić information content (AvgIpc) is 2.96. The first kappa shape index (κ1) is 21.5. The molecule has 1 N–H and O–H groups in total. The summed E-state index contributed by atoms with van der Waals surface area (Å²) in [4.78, 5) is 17.0. The van der Waals surface area contributed by atoms with Crippen LogP contribution in [0, 0.1) is 5.92 Å². The van der Waals surface area contributed by atoms with Gasteiger partial charge in [-0.05, 0) is 37.1 Å². The molecule has 0 spiro atoms. The molecule has 0 bridgehead atoms. The summed E-state index contributed by atoms with van der Waals surface area (Å²) in [7, 11) is 0. The van der Waals surface area contributed by atoms with Gasteiger partial charge in [-0.1, -0.05) is 23.7 Å². The minimum atomic E-state index is 0. The summed E-state index contributed by atoms with van der Waals surface area (Å²) in [5.74, 6) is 0.543. The van der Waals surface area contributed by atoms with Gasteiger partial charge < -0.3 is 10.2 Å². The average molecular weight is 395 g/mol. The molecular weight excluding hydrogens is 369 g/mol. The van der Waals surface area contributed by atoms with Crippen molar-refractivity contribution in [2.24, 2.45) is 5.92 Å². The van der Waals surface area contributed by atoms with Crippen molar-refractivity contribution in [1.29, 1.82) is 0 Å². The molecule has 1 unspecified atom stereocenters. The lowest BCUT2D eigenvalue weighted by Gasteiger charge is -2.24. The molecule has 0 aliphatic carbocycles. The Labute approximate surface area is 161 Å². The van der Waals surface area contributed by atoms with Crippen LogP contribution < -0.4 is 5.32 Å². The van der Waals surface area contributed by atoms with Crippen LogP contribution in [-0.2, 0) is 11.3 Å². The van der Waals surface area contributed by atoms with Gasteiger partial charge in [0.05, 0.1) is 5.92 Å². The summed E-state index contributed by atoms with van der Waals surface area (Å²) < 4.78 is 0. The summed E-state index contributed by atoms with van der Waals surface area (Å²) in [5.41, 5.74) is 1.28. The Morgan fingerprint density at radius 3 is 2.54 bits per heavy atom. The lowest BCUT2D eigenvalue weighted by atomic mass is 10.1. The fourth-order valence-corrected chi connectivity index (χ4v) is 3.45. The number of rotatable bonds is 3. The van der Waals surface area contributed by atoms with Crippen LogP contribution in [0.4, 0.5) is 0 Å². The number of carbonyl (C=O) groups excluding carboxylic acids is 1. The molecule has 2 saturated heterocycles. The number of halogens is 3. The van der Waals surface area contributed by atoms with Crippen molar-refractivity contribution in [3.63, 3.8) is 0 Å². The molecule has 3 rings (SSSR count). The third-order valence-electron chi connectivity index (χ3n) is 4.63. The van der Waals surface area contributed by atoms with Crippen LogP contribution in [0.2, 0.25) is 5.02 Å². The molecule has 2 fully saturated rings. The highest BCUT2D eigenvalue weighted by molar-refractivity contribution is 6.30. The predicted molar refractivity (Wildman–Crippen MR) is 103 cm³/mol. The maximum atomic E-state index is 12.5. The van der Waals surface area contributed by atoms with E-state index >= 15 is 0 Å². The molecule has 2 heterocycles. The maximum absolute atomic E-state index is 12.5. The SMILES string of the molecule is Cl.Cl.O=C(C1CCNC1)N1CCCN(Cc2ccc(Cl)cc2)CC1. The van der Waals surface area contributed by atoms with E-state index in [1.807, 2.05) is 12.1 Å². The van der Waals surface area contributed by atoms with Gasteiger partial charge in [0.15, 0.2) is 0 Å². The highest BCUT2D eigenvalue weighted by Crippen LogP contribution is 2.16. The fraction of sp³-hybridized carbons (Fsp3) is 0.588. The lowest BCUT2D eigenvalue weighted by Crippen LogP contribution is -2.39. The summed E-state index contributed by atoms with van der Waals surface area (Å²) in [5, 5.41) is 4.06. The number of nitrogens with one attached hydrogen (secondary N) is 1. The van der Waals surface area contributed by atoms with Crippen molar-refractivity contribution in [3.8, 4) is 0 Å². The van der Waals surface area contributed by atoms with Crippen molar-refractivity contribution < 1.29 is 4.79 Å². The Hall–Kier alpha value is -0.520. The van der Waals surface area contributed by atoms with Crippen LogP contribution in [0.15, 0.2) is 24.3 Å². The van der Waals surface area contributed by atoms with Crippen LogP contribution in [0.1, 0.15) is 18.4 Å². The first-order chi connectivity index (χ1) is 10.7. The third kappa shape index (κ3) is 5.78. The maximum Gasteiger partial charge on any atom is 0.227 e. The smallest absolute Gasteiger partial charge is 0.227 e. The Balaban J connectivity index is 0.00000144. The molecule has 0 saturated carbocycles. The standard InChI is InChI=1S/C17H24ClN3O.2ClH/c18-16-4-2-14(3-5-16)13-20-8-1-9-21(11-10-20)17(22)15-6-7-19-12-15;;/h2-5,15,19H,1,6-13H2;2*1H. The predicted octanol–water partition coefficient (Wildman–Crippen LogP) is 2.83. The zero-order valence-corrected chi connectivity index (χ0v) is 16.1. The first-order valence-electron chi connectivity index (χ1n) is 8.19. The van der Waals surface area contributed by atoms with Gasteiger partial charge in [-0.3, -0.25) is 9.69 Å². The second-order valence-corrected chi connectivity index (χ2v) is 6.71. The zero-order chi connectivity index (χ0) is 15.4. The quantitative estimate of drug-likeness (QED) is 0.856. The minimum Gasteiger partial charge on any atom is -0.341 e. The highest BCUT2D eigenvalue weighted by atomic mass is 35.5. The molecule has 4 nitrogen and oxygen atoms in total. The number of carbonyl (C=O) groups is 1. The Morgan fingerprint density at radius 1 is 1.12 bits per heavy atom. The van der Waals surface area contributed by atoms with Gasteiger partial charge in [-0.25, -0.2) is 0 Å². The largest absolute Gasteiger partial charge is 0.341 e. The van der Waals surface area contributed by atoms with Crippen LogP contribution in [0.25, 0.3) is 0 Å². The van der Waals surface area contributed by atoms with Crippen molar-refractivity contribution in [2.75, 3.05) is 39.3 Å². The van der Waals surface area contributed by atoms with Gasteiger partial charge in [-0.15, -0.1) is 24.8 Å². The van der Waals surface area contributed by atoms with E-state index in [2.05, 4.69) is 27.2 Å². The number of benzene rings is 1. The molecular formula is C17H26Cl3N3O. The van der Waals surface area contributed by atoms with Gasteiger partial charge in [0.1, 0.15) is 0 Å². The molecule has 2 aliphatic heterocycles. The molecule has 7 heteroatoms. The van der Waals surface area contributed by atoms with E-state index in [1.54, 1.807) is 0 Å². The van der Waals surface area contributed by atoms with Crippen molar-refractivity contribution in [3.05, 3.63) is 34.9 Å². The topological polar surface area (TPSA) is 35.6 Å². The zero-order valence-electron chi connectivity index (χ0n) is 13.7. The fourth-order valence-electron chi connectivity index (χ4n) is 3.32. The molecule has 1 amide bonds. The van der Waals surface area contributed by atoms with E-state index < -0.39 is 0 Å². The molecule has 2 aliphatic rings. The van der Waals surface area contributed by atoms with Gasteiger partial charge in [0, 0.05) is 44.3 Å². The number of amides is 1. The Morgan fingerprint density at radius 2 is 1.88 bits per heavy atom. The van der Waals surface area contributed by atoms with E-state index in [4.69, 9.17) is 11.6 Å². The molecule has 24 heavy (non-hydrogen) atoms. The van der Waals surface area contributed by atoms with Gasteiger partial charge in [-0.2, -0.15) is 0 Å². The van der Waals surface area contributed by atoms with Gasteiger partial charge >= 0.3 is 0 Å². The molecule has 0 radical (unpaired) electrons. The monoisotopic (exact) mass is 393 g/mol. The molecule has 1 atom stereocenters. The Kier molecular flexibility index (Phi) is 9.39. The Bertz CT molecular complexity index is 506. The summed E-state index contributed by atoms with van der Waals surface area (Å²) >= 11 is 5.93. The van der Waals surface area contributed by atoms with Gasteiger partial charge in [0.2, 0.25) is 5.91 Å². The second kappa shape index (κ2) is 10.5. The van der Waals surface area contributed by atoms with E-state index in [9.17, 15) is 4.79 Å². The van der Waals surface area contributed by atoms with Crippen LogP contribution >= 0.6 is 36.4 Å². The van der Waals surface area contributed by atoms with Crippen LogP contribution in [0.5, 0.6) is 0 Å². The number of hydrogen-bond donors (Lipinski definition) is 1. The third-order valence-corrected chi connectivity index (χ3v) is 4.88. The van der Waals surface area contributed by atoms with E-state index in [0.29, 0.717) is 5.91 Å². The van der Waals surface area contributed by atoms with Crippen molar-refractivity contribution in [2.45, 2.75) is 19.4 Å². The normalized spacial score (nSPS) is 21.5. The molecule has 1 aromatic carbocycles. The second-order valence-electron chi connectivity index (χ2n) is 6.27. The number of nitrogens with zero attached hydrogens (tertiary/aromatic N) is 2. The van der Waals surface area contributed by atoms with Crippen LogP contribution in [0.3, 0.4) is 0 Å². The van der Waals surface area contributed by atoms with Crippen LogP contribution in [-0.4, -0.2) is 55.0 Å². The van der Waals surface area contributed by atoms with Crippen molar-refractivity contribution in [1.82, 2.24) is 15.1 Å². The summed E-state index contributed by atoms with van der Waals surface area (Å²) in [6.45, 7) is 6.51. The van der Waals surface area contributed by atoms with E-state index in [-0.39, 0.29) is 30.7 Å². The summed E-state index contributed by atoms with van der Waals surface area (Å²) in [6, 6.07) is 8.05. The summed E-state index contributed by atoms with van der Waals surface area (Å²) in [6.07, 6.45) is 2.04. The highest BCUT2D eigenvalue weighted by Gasteiger charge is 2.28. The minimum absolute atomic E-state index is 0. The lowest BCUT2D eigenvalue weighted by molar-refractivity contribution is -0.134. The molecule has 136 valence electrons. The first-order valence-corrected chi connectivity index (χ1v) is 8.56. The van der Waals surface area contributed by atoms with Crippen molar-refractivity contribution >= 4 is 42.3 Å². The van der Waals surface area contributed by atoms with Gasteiger partial charge in [0.25, 0.3) is 0 Å². The van der Waals surface area contributed by atoms with E-state index in [1.165, 1.54) is 5.56 Å².